The minimum atomic E-state index is -1.21. The van der Waals surface area contributed by atoms with Crippen LogP contribution in [0.25, 0.3) is 11.2 Å². The largest absolute Gasteiger partial charge is 0.480 e. The molecule has 1 aliphatic carbocycles. The molecule has 3 N–H and O–H groups in total. The second-order valence-corrected chi connectivity index (χ2v) is 8.98. The Morgan fingerprint density at radius 1 is 1.25 bits per heavy atom. The first-order chi connectivity index (χ1) is 15.1. The molecule has 0 bridgehead atoms. The number of fused-ring (bicyclic) bond motifs is 1. The predicted molar refractivity (Wildman–Crippen MR) is 124 cm³/mol. The van der Waals surface area contributed by atoms with Crippen molar-refractivity contribution in [3.63, 3.8) is 0 Å². The van der Waals surface area contributed by atoms with Gasteiger partial charge in [0.2, 0.25) is 5.65 Å². The summed E-state index contributed by atoms with van der Waals surface area (Å²) in [6.45, 7) is 11.0. The second-order valence-electron chi connectivity index (χ2n) is 7.56. The lowest BCUT2D eigenvalue weighted by molar-refractivity contribution is -0.224. The van der Waals surface area contributed by atoms with Crippen LogP contribution in [0.1, 0.15) is 60.8 Å². The smallest absolute Gasteiger partial charge is 0.329 e. The summed E-state index contributed by atoms with van der Waals surface area (Å²) in [5.41, 5.74) is 1.04. The minimum Gasteiger partial charge on any atom is -0.480 e. The van der Waals surface area contributed by atoms with Gasteiger partial charge in [-0.3, -0.25) is 0 Å². The van der Waals surface area contributed by atoms with E-state index in [1.807, 2.05) is 13.8 Å². The fourth-order valence-corrected chi connectivity index (χ4v) is 3.94. The standard InChI is InChI=1S/C11H20O5.C7H8ClN5S.C2H6/c1-7-4-8(15-6-10(12)13)9(5-7)16-11(2,3)14;1-2-3-14-7-9-5(8)4-6(10-7)12-13-11-4;1-2/h7-9,14H,4-6H2,1-3H3,(H,12,13);2-3H2,1H3,(H,9,10,11,12,13);1-2H3. The zero-order valence-corrected chi connectivity index (χ0v) is 21.0. The fraction of sp³-hybridized carbons (Fsp3) is 0.750. The Morgan fingerprint density at radius 3 is 2.50 bits per heavy atom. The molecule has 0 amide bonds. The number of halogens is 1. The number of rotatable bonds is 8. The molecule has 182 valence electrons. The van der Waals surface area contributed by atoms with Gasteiger partial charge in [-0.2, -0.15) is 15.3 Å². The molecule has 32 heavy (non-hydrogen) atoms. The summed E-state index contributed by atoms with van der Waals surface area (Å²) >= 11 is 7.46. The summed E-state index contributed by atoms with van der Waals surface area (Å²) in [5.74, 6) is -0.799. The van der Waals surface area contributed by atoms with E-state index in [9.17, 15) is 9.90 Å². The van der Waals surface area contributed by atoms with Crippen molar-refractivity contribution in [3.8, 4) is 0 Å². The van der Waals surface area contributed by atoms with E-state index >= 15 is 0 Å². The first-order valence-corrected chi connectivity index (χ1v) is 12.1. The van der Waals surface area contributed by atoms with Gasteiger partial charge in [0.05, 0.1) is 12.2 Å². The number of carboxylic acids is 1. The van der Waals surface area contributed by atoms with Gasteiger partial charge in [0, 0.05) is 5.75 Å². The molecule has 3 rings (SSSR count). The maximum Gasteiger partial charge on any atom is 0.329 e. The highest BCUT2D eigenvalue weighted by Crippen LogP contribution is 2.32. The van der Waals surface area contributed by atoms with E-state index in [4.69, 9.17) is 26.2 Å². The Balaban J connectivity index is 0.000000299. The predicted octanol–water partition coefficient (Wildman–Crippen LogP) is 3.93. The third-order valence-electron chi connectivity index (χ3n) is 4.10. The Morgan fingerprint density at radius 2 is 1.91 bits per heavy atom. The SMILES string of the molecule is CC.CC1CC(OCC(=O)O)C(OC(C)(C)O)C1.CCCSc1nc(Cl)c2n[nH]nc2n1. The van der Waals surface area contributed by atoms with Crippen molar-refractivity contribution in [1.29, 1.82) is 0 Å². The van der Waals surface area contributed by atoms with Crippen LogP contribution in [0.4, 0.5) is 0 Å². The summed E-state index contributed by atoms with van der Waals surface area (Å²) in [4.78, 5) is 18.7. The van der Waals surface area contributed by atoms with Crippen molar-refractivity contribution in [2.24, 2.45) is 5.92 Å². The van der Waals surface area contributed by atoms with Gasteiger partial charge in [-0.15, -0.1) is 5.10 Å². The maximum absolute atomic E-state index is 10.4. The molecule has 2 aromatic heterocycles. The summed E-state index contributed by atoms with van der Waals surface area (Å²) in [7, 11) is 0. The van der Waals surface area contributed by atoms with Gasteiger partial charge < -0.3 is 19.7 Å². The molecule has 0 aliphatic heterocycles. The molecule has 0 saturated heterocycles. The lowest BCUT2D eigenvalue weighted by atomic mass is 10.1. The van der Waals surface area contributed by atoms with Crippen LogP contribution >= 0.6 is 23.4 Å². The molecule has 2 heterocycles. The van der Waals surface area contributed by atoms with E-state index in [-0.39, 0.29) is 18.8 Å². The average molecular weight is 492 g/mol. The van der Waals surface area contributed by atoms with E-state index in [1.54, 1.807) is 25.6 Å². The van der Waals surface area contributed by atoms with Gasteiger partial charge in [0.15, 0.2) is 21.6 Å². The number of hydrogen-bond donors (Lipinski definition) is 3. The molecule has 12 heteroatoms. The minimum absolute atomic E-state index is 0.227. The summed E-state index contributed by atoms with van der Waals surface area (Å²) in [6.07, 6.45) is 2.16. The number of ether oxygens (including phenoxy) is 2. The van der Waals surface area contributed by atoms with Crippen LogP contribution in [0.2, 0.25) is 5.15 Å². The molecule has 0 radical (unpaired) electrons. The molecule has 1 aliphatic rings. The highest BCUT2D eigenvalue weighted by Gasteiger charge is 2.37. The normalized spacial score (nSPS) is 20.3. The molecule has 10 nitrogen and oxygen atoms in total. The van der Waals surface area contributed by atoms with Crippen molar-refractivity contribution in [1.82, 2.24) is 25.4 Å². The van der Waals surface area contributed by atoms with Gasteiger partial charge in [0.25, 0.3) is 0 Å². The van der Waals surface area contributed by atoms with Crippen LogP contribution < -0.4 is 0 Å². The maximum atomic E-state index is 10.4. The molecular weight excluding hydrogens is 458 g/mol. The Hall–Kier alpha value is -1.53. The number of nitrogens with one attached hydrogen (secondary N) is 1. The van der Waals surface area contributed by atoms with Crippen LogP contribution in [0.3, 0.4) is 0 Å². The lowest BCUT2D eigenvalue weighted by Crippen LogP contribution is -2.36. The first kappa shape index (κ1) is 28.5. The molecule has 0 aromatic carbocycles. The topological polar surface area (TPSA) is 143 Å². The van der Waals surface area contributed by atoms with Gasteiger partial charge in [-0.05, 0) is 39.0 Å². The number of thioether (sulfide) groups is 1. The Labute approximate surface area is 197 Å². The van der Waals surface area contributed by atoms with E-state index in [2.05, 4.69) is 39.2 Å². The number of carboxylic acid groups (broad SMARTS) is 1. The van der Waals surface area contributed by atoms with E-state index < -0.39 is 11.8 Å². The zero-order valence-electron chi connectivity index (χ0n) is 19.5. The number of aliphatic carboxylic acids is 1. The monoisotopic (exact) mass is 491 g/mol. The molecule has 1 saturated carbocycles. The van der Waals surface area contributed by atoms with Crippen molar-refractivity contribution < 1.29 is 24.5 Å². The Kier molecular flexibility index (Phi) is 12.4. The second kappa shape index (κ2) is 13.9. The van der Waals surface area contributed by atoms with Crippen LogP contribution in [-0.2, 0) is 14.3 Å². The van der Waals surface area contributed by atoms with Gasteiger partial charge in [-0.1, -0.05) is 51.1 Å². The van der Waals surface area contributed by atoms with E-state index in [0.717, 1.165) is 25.0 Å². The third-order valence-corrected chi connectivity index (χ3v) is 5.42. The molecule has 2 aromatic rings. The van der Waals surface area contributed by atoms with Crippen LogP contribution in [0.5, 0.6) is 0 Å². The first-order valence-electron chi connectivity index (χ1n) is 10.7. The molecule has 3 unspecified atom stereocenters. The third kappa shape index (κ3) is 9.95. The van der Waals surface area contributed by atoms with Crippen molar-refractivity contribution in [2.75, 3.05) is 12.4 Å². The average Bonchev–Trinajstić information content (AvgIpc) is 3.32. The summed E-state index contributed by atoms with van der Waals surface area (Å²) < 4.78 is 10.7. The summed E-state index contributed by atoms with van der Waals surface area (Å²) in [6, 6.07) is 0. The lowest BCUT2D eigenvalue weighted by Gasteiger charge is -2.27. The van der Waals surface area contributed by atoms with Crippen LogP contribution in [-0.4, -0.2) is 71.9 Å². The van der Waals surface area contributed by atoms with E-state index in [0.29, 0.717) is 27.4 Å². The van der Waals surface area contributed by atoms with Crippen molar-refractivity contribution in [2.45, 2.75) is 84.0 Å². The number of hydrogen-bond acceptors (Lipinski definition) is 9. The highest BCUT2D eigenvalue weighted by atomic mass is 35.5. The Bertz CT molecular complexity index is 832. The van der Waals surface area contributed by atoms with E-state index in [1.165, 1.54) is 0 Å². The summed E-state index contributed by atoms with van der Waals surface area (Å²) in [5, 5.41) is 29.3. The number of aliphatic hydroxyl groups is 1. The van der Waals surface area contributed by atoms with Crippen LogP contribution in [0, 0.1) is 5.92 Å². The highest BCUT2D eigenvalue weighted by molar-refractivity contribution is 7.99. The molecular formula is C20H34ClN5O5S. The fourth-order valence-electron chi connectivity index (χ4n) is 2.99. The number of carbonyl (C=O) groups is 1. The number of aromatic amines is 1. The van der Waals surface area contributed by atoms with Gasteiger partial charge in [0.1, 0.15) is 6.61 Å². The quantitative estimate of drug-likeness (QED) is 0.215. The molecule has 0 spiro atoms. The zero-order chi connectivity index (χ0) is 24.3. The van der Waals surface area contributed by atoms with Crippen molar-refractivity contribution in [3.05, 3.63) is 5.15 Å². The number of aromatic nitrogens is 5. The van der Waals surface area contributed by atoms with Crippen LogP contribution in [0.15, 0.2) is 5.16 Å². The molecule has 3 atom stereocenters. The number of nitrogens with zero attached hydrogens (tertiary/aromatic N) is 4. The van der Waals surface area contributed by atoms with Crippen molar-refractivity contribution >= 4 is 40.5 Å². The van der Waals surface area contributed by atoms with Gasteiger partial charge in [-0.25, -0.2) is 9.78 Å². The number of H-pyrrole nitrogens is 1. The van der Waals surface area contributed by atoms with Gasteiger partial charge >= 0.3 is 5.97 Å². The molecule has 1 fully saturated rings.